The molecule has 0 saturated heterocycles. The van der Waals surface area contributed by atoms with E-state index in [0.717, 1.165) is 17.7 Å². The molecule has 4 nitrogen and oxygen atoms in total. The standard InChI is InChI=1S/C18H15IN2O2/c19-11-8-9-16-15(10-11)12-5-3-6-13(12)18(20-16)14-4-1-2-7-17(14)21(22)23/h1-5,7-10,12-13,18,20H,6H2/t12-,13-,18-/m1/s1. The van der Waals surface area contributed by atoms with Crippen LogP contribution in [0.25, 0.3) is 0 Å². The van der Waals surface area contributed by atoms with Gasteiger partial charge in [-0.3, -0.25) is 10.1 Å². The predicted octanol–water partition coefficient (Wildman–Crippen LogP) is 5.03. The zero-order chi connectivity index (χ0) is 16.0. The lowest BCUT2D eigenvalue weighted by Crippen LogP contribution is -2.29. The zero-order valence-corrected chi connectivity index (χ0v) is 14.4. The minimum atomic E-state index is -0.280. The van der Waals surface area contributed by atoms with E-state index < -0.39 is 0 Å². The van der Waals surface area contributed by atoms with Crippen LogP contribution in [0.3, 0.4) is 0 Å². The third-order valence-electron chi connectivity index (χ3n) is 4.79. The summed E-state index contributed by atoms with van der Waals surface area (Å²) in [4.78, 5) is 11.1. The molecule has 0 spiro atoms. The number of halogens is 1. The maximum atomic E-state index is 11.4. The molecule has 1 aliphatic carbocycles. The number of benzene rings is 2. The lowest BCUT2D eigenvalue weighted by atomic mass is 9.77. The molecule has 2 aliphatic rings. The van der Waals surface area contributed by atoms with E-state index in [9.17, 15) is 10.1 Å². The van der Waals surface area contributed by atoms with E-state index in [2.05, 4.69) is 58.3 Å². The van der Waals surface area contributed by atoms with Gasteiger partial charge in [0, 0.05) is 21.2 Å². The minimum absolute atomic E-state index is 0.0378. The average Bonchev–Trinajstić information content (AvgIpc) is 3.04. The fourth-order valence-electron chi connectivity index (χ4n) is 3.79. The second-order valence-electron chi connectivity index (χ2n) is 6.02. The highest BCUT2D eigenvalue weighted by Gasteiger charge is 2.40. The van der Waals surface area contributed by atoms with Gasteiger partial charge in [-0.2, -0.15) is 0 Å². The van der Waals surface area contributed by atoms with E-state index in [1.165, 1.54) is 9.13 Å². The molecular formula is C18H15IN2O2. The van der Waals surface area contributed by atoms with Gasteiger partial charge in [-0.25, -0.2) is 0 Å². The lowest BCUT2D eigenvalue weighted by molar-refractivity contribution is -0.385. The molecule has 2 aromatic carbocycles. The van der Waals surface area contributed by atoms with Crippen LogP contribution in [0.1, 0.15) is 29.5 Å². The fourth-order valence-corrected chi connectivity index (χ4v) is 4.31. The molecule has 2 aromatic rings. The zero-order valence-electron chi connectivity index (χ0n) is 12.3. The first-order valence-electron chi connectivity index (χ1n) is 7.61. The summed E-state index contributed by atoms with van der Waals surface area (Å²) >= 11 is 2.33. The van der Waals surface area contributed by atoms with E-state index in [0.29, 0.717) is 11.8 Å². The Balaban J connectivity index is 1.83. The second kappa shape index (κ2) is 5.63. The van der Waals surface area contributed by atoms with Gasteiger partial charge in [0.2, 0.25) is 0 Å². The van der Waals surface area contributed by atoms with Gasteiger partial charge in [0.25, 0.3) is 5.69 Å². The molecule has 116 valence electrons. The number of nitro benzene ring substituents is 1. The largest absolute Gasteiger partial charge is 0.377 e. The smallest absolute Gasteiger partial charge is 0.274 e. The van der Waals surface area contributed by atoms with Gasteiger partial charge in [-0.05, 0) is 58.7 Å². The molecule has 5 heteroatoms. The first-order chi connectivity index (χ1) is 11.1. The van der Waals surface area contributed by atoms with Gasteiger partial charge in [0.1, 0.15) is 0 Å². The Labute approximate surface area is 147 Å². The van der Waals surface area contributed by atoms with Crippen molar-refractivity contribution in [1.82, 2.24) is 0 Å². The quantitative estimate of drug-likeness (QED) is 0.322. The predicted molar refractivity (Wildman–Crippen MR) is 98.6 cm³/mol. The number of para-hydroxylation sites is 1. The summed E-state index contributed by atoms with van der Waals surface area (Å²) in [5.41, 5.74) is 3.36. The van der Waals surface area contributed by atoms with Crippen LogP contribution in [0.5, 0.6) is 0 Å². The minimum Gasteiger partial charge on any atom is -0.377 e. The molecular weight excluding hydrogens is 403 g/mol. The monoisotopic (exact) mass is 418 g/mol. The van der Waals surface area contributed by atoms with Crippen LogP contribution in [0.15, 0.2) is 54.6 Å². The highest BCUT2D eigenvalue weighted by atomic mass is 127. The normalized spacial score (nSPS) is 24.7. The summed E-state index contributed by atoms with van der Waals surface area (Å²) in [6, 6.07) is 13.4. The second-order valence-corrected chi connectivity index (χ2v) is 7.27. The Morgan fingerprint density at radius 2 is 2.00 bits per heavy atom. The molecule has 3 atom stereocenters. The summed E-state index contributed by atoms with van der Waals surface area (Å²) in [6.45, 7) is 0. The van der Waals surface area contributed by atoms with E-state index in [1.807, 2.05) is 12.1 Å². The summed E-state index contributed by atoms with van der Waals surface area (Å²) in [5, 5.41) is 15.0. The topological polar surface area (TPSA) is 55.2 Å². The molecule has 0 aromatic heterocycles. The van der Waals surface area contributed by atoms with Gasteiger partial charge >= 0.3 is 0 Å². The number of fused-ring (bicyclic) bond motifs is 3. The third kappa shape index (κ3) is 2.43. The molecule has 0 bridgehead atoms. The number of allylic oxidation sites excluding steroid dienone is 2. The highest BCUT2D eigenvalue weighted by Crippen LogP contribution is 2.51. The van der Waals surface area contributed by atoms with Crippen LogP contribution in [0.2, 0.25) is 0 Å². The Bertz CT molecular complexity index is 818. The maximum absolute atomic E-state index is 11.4. The Morgan fingerprint density at radius 3 is 2.83 bits per heavy atom. The highest BCUT2D eigenvalue weighted by molar-refractivity contribution is 14.1. The molecule has 0 radical (unpaired) electrons. The van der Waals surface area contributed by atoms with Gasteiger partial charge in [-0.15, -0.1) is 0 Å². The summed E-state index contributed by atoms with van der Waals surface area (Å²) in [5.74, 6) is 0.646. The number of rotatable bonds is 2. The van der Waals surface area contributed by atoms with Crippen molar-refractivity contribution >= 4 is 34.0 Å². The van der Waals surface area contributed by atoms with Crippen molar-refractivity contribution in [2.24, 2.45) is 5.92 Å². The van der Waals surface area contributed by atoms with Crippen LogP contribution in [-0.2, 0) is 0 Å². The number of hydrogen-bond acceptors (Lipinski definition) is 3. The Hall–Kier alpha value is -1.89. The molecule has 1 N–H and O–H groups in total. The SMILES string of the molecule is O=[N+]([O-])c1ccccc1[C@@H]1Nc2ccc(I)cc2[C@@H]2C=CC[C@H]21. The lowest BCUT2D eigenvalue weighted by Gasteiger charge is -2.37. The van der Waals surface area contributed by atoms with Gasteiger partial charge in [0.15, 0.2) is 0 Å². The third-order valence-corrected chi connectivity index (χ3v) is 5.46. The molecule has 0 fully saturated rings. The van der Waals surface area contributed by atoms with Crippen molar-refractivity contribution in [2.75, 3.05) is 5.32 Å². The van der Waals surface area contributed by atoms with Crippen LogP contribution in [0, 0.1) is 19.6 Å². The van der Waals surface area contributed by atoms with E-state index in [1.54, 1.807) is 12.1 Å². The van der Waals surface area contributed by atoms with Gasteiger partial charge < -0.3 is 5.32 Å². The maximum Gasteiger partial charge on any atom is 0.274 e. The van der Waals surface area contributed by atoms with Crippen molar-refractivity contribution in [3.05, 3.63) is 79.4 Å². The molecule has 0 saturated carbocycles. The molecule has 1 heterocycles. The number of nitrogens with zero attached hydrogens (tertiary/aromatic N) is 1. The number of anilines is 1. The van der Waals surface area contributed by atoms with Crippen molar-refractivity contribution in [3.63, 3.8) is 0 Å². The summed E-state index contributed by atoms with van der Waals surface area (Å²) < 4.78 is 1.21. The Kier molecular flexibility index (Phi) is 3.60. The van der Waals surface area contributed by atoms with Gasteiger partial charge in [0.05, 0.1) is 16.5 Å². The van der Waals surface area contributed by atoms with E-state index in [4.69, 9.17) is 0 Å². The summed E-state index contributed by atoms with van der Waals surface area (Å²) in [6.07, 6.45) is 5.40. The first kappa shape index (κ1) is 14.7. The number of nitro groups is 1. The van der Waals surface area contributed by atoms with Crippen molar-refractivity contribution in [1.29, 1.82) is 0 Å². The summed E-state index contributed by atoms with van der Waals surface area (Å²) in [7, 11) is 0. The van der Waals surface area contributed by atoms with Crippen LogP contribution in [0.4, 0.5) is 11.4 Å². The average molecular weight is 418 g/mol. The molecule has 0 amide bonds. The Morgan fingerprint density at radius 1 is 1.17 bits per heavy atom. The molecule has 23 heavy (non-hydrogen) atoms. The van der Waals surface area contributed by atoms with Crippen LogP contribution in [-0.4, -0.2) is 4.92 Å². The van der Waals surface area contributed by atoms with Crippen molar-refractivity contribution < 1.29 is 4.92 Å². The van der Waals surface area contributed by atoms with Crippen molar-refractivity contribution in [2.45, 2.75) is 18.4 Å². The van der Waals surface area contributed by atoms with E-state index in [-0.39, 0.29) is 16.7 Å². The van der Waals surface area contributed by atoms with Crippen LogP contribution >= 0.6 is 22.6 Å². The molecule has 0 unspecified atom stereocenters. The first-order valence-corrected chi connectivity index (χ1v) is 8.69. The molecule has 1 aliphatic heterocycles. The fraction of sp³-hybridized carbons (Fsp3) is 0.222. The van der Waals surface area contributed by atoms with Gasteiger partial charge in [-0.1, -0.05) is 30.4 Å². The number of nitrogens with one attached hydrogen (secondary N) is 1. The molecule has 4 rings (SSSR count). The van der Waals surface area contributed by atoms with Crippen LogP contribution < -0.4 is 5.32 Å². The van der Waals surface area contributed by atoms with Crippen molar-refractivity contribution in [3.8, 4) is 0 Å². The van der Waals surface area contributed by atoms with E-state index >= 15 is 0 Å². The number of hydrogen-bond donors (Lipinski definition) is 1.